The minimum atomic E-state index is -3.12. The van der Waals surface area contributed by atoms with Gasteiger partial charge in [0.25, 0.3) is 0 Å². The van der Waals surface area contributed by atoms with Crippen LogP contribution in [0.3, 0.4) is 0 Å². The molecule has 0 bridgehead atoms. The van der Waals surface area contributed by atoms with Crippen LogP contribution < -0.4 is 4.74 Å². The quantitative estimate of drug-likeness (QED) is 0.544. The lowest BCUT2D eigenvalue weighted by molar-refractivity contribution is 0.205. The molecule has 0 aromatic heterocycles. The van der Waals surface area contributed by atoms with Gasteiger partial charge < -0.3 is 13.8 Å². The highest BCUT2D eigenvalue weighted by Crippen LogP contribution is 2.55. The average molecular weight is 368 g/mol. The van der Waals surface area contributed by atoms with Gasteiger partial charge in [0.15, 0.2) is 0 Å². The summed E-state index contributed by atoms with van der Waals surface area (Å²) < 4.78 is 30.1. The molecule has 0 saturated heterocycles. The van der Waals surface area contributed by atoms with Gasteiger partial charge in [-0.1, -0.05) is 54.6 Å². The van der Waals surface area contributed by atoms with Gasteiger partial charge in [-0.2, -0.15) is 0 Å². The Morgan fingerprint density at radius 3 is 2.65 bits per heavy atom. The van der Waals surface area contributed by atoms with E-state index in [1.54, 1.807) is 0 Å². The number of benzene rings is 3. The first-order valence-corrected chi connectivity index (χ1v) is 10.5. The molecule has 5 heteroatoms. The second-order valence-electron chi connectivity index (χ2n) is 6.30. The van der Waals surface area contributed by atoms with Crippen LogP contribution in [0.5, 0.6) is 5.75 Å². The topological polar surface area (TPSA) is 44.8 Å². The van der Waals surface area contributed by atoms with Gasteiger partial charge in [-0.15, -0.1) is 0 Å². The van der Waals surface area contributed by atoms with Crippen LogP contribution in [-0.4, -0.2) is 6.61 Å². The Balaban J connectivity index is 1.71. The van der Waals surface area contributed by atoms with Crippen molar-refractivity contribution in [3.8, 4) is 5.75 Å². The fraction of sp³-hybridized carbons (Fsp3) is 0.238. The summed E-state index contributed by atoms with van der Waals surface area (Å²) in [6.45, 7) is 2.99. The zero-order valence-corrected chi connectivity index (χ0v) is 15.6. The van der Waals surface area contributed by atoms with Crippen molar-refractivity contribution in [1.29, 1.82) is 0 Å². The van der Waals surface area contributed by atoms with Crippen molar-refractivity contribution in [1.82, 2.24) is 0 Å². The molecular weight excluding hydrogens is 347 g/mol. The third-order valence-electron chi connectivity index (χ3n) is 4.52. The van der Waals surface area contributed by atoms with Gasteiger partial charge in [0, 0.05) is 5.39 Å². The summed E-state index contributed by atoms with van der Waals surface area (Å²) >= 11 is 0. The molecule has 4 rings (SSSR count). The van der Waals surface area contributed by atoms with Crippen molar-refractivity contribution in [2.75, 3.05) is 6.61 Å². The average Bonchev–Trinajstić information content (AvgIpc) is 2.80. The lowest BCUT2D eigenvalue weighted by atomic mass is 9.99. The standard InChI is InChI=1S/C21H21O4P/c1-2-24-26(22)15-18-9-6-10-19-20(12-11-17(14-25-26)21(18)19)23-13-16-7-4-3-5-8-16/h3-12H,2,13-15H2,1H3. The maximum atomic E-state index is 12.9. The minimum absolute atomic E-state index is 0.282. The molecule has 0 aliphatic carbocycles. The SMILES string of the molecule is CCOP1(=O)Cc2cccc3c(OCc4ccccc4)ccc(c23)CO1. The van der Waals surface area contributed by atoms with E-state index in [2.05, 4.69) is 0 Å². The van der Waals surface area contributed by atoms with Crippen LogP contribution in [0.25, 0.3) is 10.8 Å². The summed E-state index contributed by atoms with van der Waals surface area (Å²) in [6.07, 6.45) is 0.285. The van der Waals surface area contributed by atoms with Gasteiger partial charge in [0.05, 0.1) is 19.4 Å². The normalized spacial score (nSPS) is 19.3. The van der Waals surface area contributed by atoms with Gasteiger partial charge in [0.2, 0.25) is 0 Å². The fourth-order valence-electron chi connectivity index (χ4n) is 3.35. The molecule has 1 heterocycles. The summed E-state index contributed by atoms with van der Waals surface area (Å²) in [5.41, 5.74) is 3.12. The largest absolute Gasteiger partial charge is 0.488 e. The zero-order valence-electron chi connectivity index (χ0n) is 14.7. The van der Waals surface area contributed by atoms with E-state index in [4.69, 9.17) is 13.8 Å². The molecule has 4 nitrogen and oxygen atoms in total. The monoisotopic (exact) mass is 368 g/mol. The Kier molecular flexibility index (Phi) is 4.82. The highest BCUT2D eigenvalue weighted by atomic mass is 31.2. The van der Waals surface area contributed by atoms with Crippen molar-refractivity contribution in [3.05, 3.63) is 77.4 Å². The van der Waals surface area contributed by atoms with Crippen molar-refractivity contribution in [3.63, 3.8) is 0 Å². The molecule has 1 aliphatic heterocycles. The van der Waals surface area contributed by atoms with Crippen LogP contribution in [0.15, 0.2) is 60.7 Å². The van der Waals surface area contributed by atoms with E-state index in [0.29, 0.717) is 13.2 Å². The second-order valence-corrected chi connectivity index (χ2v) is 8.35. The van der Waals surface area contributed by atoms with Crippen LogP contribution in [0.2, 0.25) is 0 Å². The first kappa shape index (κ1) is 17.3. The maximum absolute atomic E-state index is 12.9. The van der Waals surface area contributed by atoms with Crippen molar-refractivity contribution in [2.24, 2.45) is 0 Å². The second kappa shape index (κ2) is 7.24. The third kappa shape index (κ3) is 3.41. The highest BCUT2D eigenvalue weighted by molar-refractivity contribution is 7.53. The molecule has 0 fully saturated rings. The van der Waals surface area contributed by atoms with Crippen molar-refractivity contribution in [2.45, 2.75) is 26.3 Å². The molecule has 3 aromatic carbocycles. The fourth-order valence-corrected chi connectivity index (χ4v) is 5.02. The Hall–Kier alpha value is -2.13. The van der Waals surface area contributed by atoms with Gasteiger partial charge in [-0.05, 0) is 35.1 Å². The molecule has 0 spiro atoms. The van der Waals surface area contributed by atoms with Crippen LogP contribution in [0.4, 0.5) is 0 Å². The molecule has 134 valence electrons. The number of rotatable bonds is 5. The van der Waals surface area contributed by atoms with Crippen LogP contribution in [-0.2, 0) is 33.0 Å². The first-order chi connectivity index (χ1) is 12.7. The number of ether oxygens (including phenoxy) is 1. The van der Waals surface area contributed by atoms with E-state index in [1.165, 1.54) is 0 Å². The molecule has 1 aliphatic rings. The van der Waals surface area contributed by atoms with E-state index >= 15 is 0 Å². The van der Waals surface area contributed by atoms with E-state index < -0.39 is 7.60 Å². The summed E-state index contributed by atoms with van der Waals surface area (Å²) in [5.74, 6) is 0.822. The molecular formula is C21H21O4P. The van der Waals surface area contributed by atoms with E-state index in [0.717, 1.165) is 33.2 Å². The summed E-state index contributed by atoms with van der Waals surface area (Å²) in [4.78, 5) is 0. The Morgan fingerprint density at radius 2 is 1.85 bits per heavy atom. The van der Waals surface area contributed by atoms with Crippen LogP contribution in [0, 0.1) is 0 Å². The summed E-state index contributed by atoms with van der Waals surface area (Å²) in [7, 11) is -3.12. The molecule has 0 saturated carbocycles. The van der Waals surface area contributed by atoms with E-state index in [9.17, 15) is 4.57 Å². The molecule has 0 amide bonds. The third-order valence-corrected chi connectivity index (χ3v) is 6.42. The predicted molar refractivity (Wildman–Crippen MR) is 102 cm³/mol. The summed E-state index contributed by atoms with van der Waals surface area (Å²) in [5, 5.41) is 2.08. The van der Waals surface area contributed by atoms with Crippen molar-refractivity contribution < 1.29 is 18.3 Å². The minimum Gasteiger partial charge on any atom is -0.488 e. The van der Waals surface area contributed by atoms with Gasteiger partial charge >= 0.3 is 7.60 Å². The summed E-state index contributed by atoms with van der Waals surface area (Å²) in [6, 6.07) is 20.0. The van der Waals surface area contributed by atoms with E-state index in [1.807, 2.05) is 67.6 Å². The number of hydrogen-bond acceptors (Lipinski definition) is 4. The van der Waals surface area contributed by atoms with Gasteiger partial charge in [-0.25, -0.2) is 0 Å². The molecule has 26 heavy (non-hydrogen) atoms. The molecule has 1 atom stereocenters. The predicted octanol–water partition coefficient (Wildman–Crippen LogP) is 5.68. The smallest absolute Gasteiger partial charge is 0.335 e. The molecule has 0 radical (unpaired) electrons. The molecule has 0 N–H and O–H groups in total. The van der Waals surface area contributed by atoms with Crippen LogP contribution in [0.1, 0.15) is 23.6 Å². The Morgan fingerprint density at radius 1 is 1.00 bits per heavy atom. The Bertz CT molecular complexity index is 968. The molecule has 3 aromatic rings. The van der Waals surface area contributed by atoms with Crippen molar-refractivity contribution >= 4 is 18.4 Å². The van der Waals surface area contributed by atoms with E-state index in [-0.39, 0.29) is 12.8 Å². The first-order valence-electron chi connectivity index (χ1n) is 8.77. The highest BCUT2D eigenvalue weighted by Gasteiger charge is 2.29. The van der Waals surface area contributed by atoms with Gasteiger partial charge in [0.1, 0.15) is 12.4 Å². The molecule has 1 unspecified atom stereocenters. The number of hydrogen-bond donors (Lipinski definition) is 0. The lowest BCUT2D eigenvalue weighted by Crippen LogP contribution is -1.97. The Labute approximate surface area is 153 Å². The lowest BCUT2D eigenvalue weighted by Gasteiger charge is -2.15. The maximum Gasteiger partial charge on any atom is 0.335 e. The van der Waals surface area contributed by atoms with Crippen LogP contribution >= 0.6 is 7.60 Å². The zero-order chi connectivity index (χ0) is 18.0. The van der Waals surface area contributed by atoms with Gasteiger partial charge in [-0.3, -0.25) is 4.57 Å².